The Labute approximate surface area is 106 Å². The first-order chi connectivity index (χ1) is 8.04. The zero-order chi connectivity index (χ0) is 12.8. The predicted octanol–water partition coefficient (Wildman–Crippen LogP) is 3.27. The van der Waals surface area contributed by atoms with Crippen LogP contribution < -0.4 is 5.73 Å². The van der Waals surface area contributed by atoms with Gasteiger partial charge in [0.2, 0.25) is 5.91 Å². The normalized spacial score (nSPS) is 12.4. The van der Waals surface area contributed by atoms with Crippen molar-refractivity contribution < 1.29 is 9.18 Å². The van der Waals surface area contributed by atoms with Gasteiger partial charge in [-0.05, 0) is 37.1 Å². The first kappa shape index (κ1) is 14.0. The zero-order valence-electron chi connectivity index (χ0n) is 10.2. The Hall–Kier alpha value is -1.03. The van der Waals surface area contributed by atoms with E-state index in [4.69, 9.17) is 5.73 Å². The van der Waals surface area contributed by atoms with E-state index < -0.39 is 0 Å². The third-order valence-electron chi connectivity index (χ3n) is 2.54. The van der Waals surface area contributed by atoms with Crippen molar-refractivity contribution in [3.63, 3.8) is 0 Å². The van der Waals surface area contributed by atoms with Crippen LogP contribution >= 0.6 is 11.8 Å². The van der Waals surface area contributed by atoms with Gasteiger partial charge in [0.15, 0.2) is 0 Å². The maximum atomic E-state index is 13.1. The van der Waals surface area contributed by atoms with Crippen LogP contribution in [-0.2, 0) is 4.79 Å². The SMILES string of the molecule is CCCCC(Sc1ccc(F)c(C)c1)C(N)=O. The quantitative estimate of drug-likeness (QED) is 0.793. The topological polar surface area (TPSA) is 43.1 Å². The molecule has 0 fully saturated rings. The number of rotatable bonds is 6. The summed E-state index contributed by atoms with van der Waals surface area (Å²) in [5.41, 5.74) is 5.95. The molecule has 0 bridgehead atoms. The molecule has 2 nitrogen and oxygen atoms in total. The van der Waals surface area contributed by atoms with Crippen molar-refractivity contribution in [2.45, 2.75) is 43.3 Å². The van der Waals surface area contributed by atoms with Crippen LogP contribution in [0.3, 0.4) is 0 Å². The zero-order valence-corrected chi connectivity index (χ0v) is 11.0. The number of primary amides is 1. The van der Waals surface area contributed by atoms with Gasteiger partial charge in [-0.15, -0.1) is 11.8 Å². The molecule has 0 aliphatic heterocycles. The fourth-order valence-corrected chi connectivity index (χ4v) is 2.62. The fraction of sp³-hybridized carbons (Fsp3) is 0.462. The summed E-state index contributed by atoms with van der Waals surface area (Å²) in [6.07, 6.45) is 2.78. The van der Waals surface area contributed by atoms with Crippen LogP contribution in [0.15, 0.2) is 23.1 Å². The first-order valence-electron chi connectivity index (χ1n) is 5.76. The Morgan fingerprint density at radius 3 is 2.76 bits per heavy atom. The third kappa shape index (κ3) is 4.38. The Balaban J connectivity index is 2.71. The van der Waals surface area contributed by atoms with Crippen LogP contribution in [0.1, 0.15) is 31.7 Å². The maximum Gasteiger partial charge on any atom is 0.230 e. The van der Waals surface area contributed by atoms with E-state index in [0.29, 0.717) is 5.56 Å². The van der Waals surface area contributed by atoms with Gasteiger partial charge in [0.25, 0.3) is 0 Å². The van der Waals surface area contributed by atoms with Gasteiger partial charge in [-0.1, -0.05) is 19.8 Å². The molecular weight excluding hydrogens is 237 g/mol. The number of aryl methyl sites for hydroxylation is 1. The second-order valence-electron chi connectivity index (χ2n) is 4.06. The van der Waals surface area contributed by atoms with Gasteiger partial charge in [-0.3, -0.25) is 4.79 Å². The molecule has 1 aromatic carbocycles. The second-order valence-corrected chi connectivity index (χ2v) is 5.34. The van der Waals surface area contributed by atoms with Gasteiger partial charge in [-0.2, -0.15) is 0 Å². The maximum absolute atomic E-state index is 13.1. The Bertz CT molecular complexity index is 395. The molecule has 1 rings (SSSR count). The molecule has 17 heavy (non-hydrogen) atoms. The number of amides is 1. The molecule has 4 heteroatoms. The molecule has 0 heterocycles. The smallest absolute Gasteiger partial charge is 0.230 e. The van der Waals surface area contributed by atoms with Gasteiger partial charge >= 0.3 is 0 Å². The number of carbonyl (C=O) groups is 1. The molecule has 94 valence electrons. The van der Waals surface area contributed by atoms with E-state index in [0.717, 1.165) is 24.2 Å². The van der Waals surface area contributed by atoms with E-state index in [2.05, 4.69) is 6.92 Å². The van der Waals surface area contributed by atoms with E-state index in [9.17, 15) is 9.18 Å². The Morgan fingerprint density at radius 1 is 1.53 bits per heavy atom. The lowest BCUT2D eigenvalue weighted by molar-refractivity contribution is -0.117. The predicted molar refractivity (Wildman–Crippen MR) is 69.5 cm³/mol. The van der Waals surface area contributed by atoms with Gasteiger partial charge in [0.05, 0.1) is 5.25 Å². The Morgan fingerprint density at radius 2 is 2.24 bits per heavy atom. The fourth-order valence-electron chi connectivity index (χ4n) is 1.50. The number of benzene rings is 1. The molecule has 0 saturated carbocycles. The largest absolute Gasteiger partial charge is 0.369 e. The molecule has 0 aliphatic rings. The lowest BCUT2D eigenvalue weighted by atomic mass is 10.2. The van der Waals surface area contributed by atoms with E-state index in [1.54, 1.807) is 19.1 Å². The lowest BCUT2D eigenvalue weighted by Crippen LogP contribution is -2.25. The second kappa shape index (κ2) is 6.64. The summed E-state index contributed by atoms with van der Waals surface area (Å²) < 4.78 is 13.1. The van der Waals surface area contributed by atoms with Crippen LogP contribution in [0.25, 0.3) is 0 Å². The van der Waals surface area contributed by atoms with E-state index in [1.807, 2.05) is 0 Å². The van der Waals surface area contributed by atoms with Crippen molar-refractivity contribution in [3.05, 3.63) is 29.6 Å². The number of hydrogen-bond acceptors (Lipinski definition) is 2. The summed E-state index contributed by atoms with van der Waals surface area (Å²) in [7, 11) is 0. The van der Waals surface area contributed by atoms with Gasteiger partial charge < -0.3 is 5.73 Å². The van der Waals surface area contributed by atoms with Gasteiger partial charge in [-0.25, -0.2) is 4.39 Å². The van der Waals surface area contributed by atoms with E-state index >= 15 is 0 Å². The number of carbonyl (C=O) groups excluding carboxylic acids is 1. The molecule has 1 atom stereocenters. The highest BCUT2D eigenvalue weighted by Crippen LogP contribution is 2.27. The number of nitrogens with two attached hydrogens (primary N) is 1. The number of hydrogen-bond donors (Lipinski definition) is 1. The van der Waals surface area contributed by atoms with Gasteiger partial charge in [0, 0.05) is 4.90 Å². The van der Waals surface area contributed by atoms with Crippen LogP contribution in [0.2, 0.25) is 0 Å². The Kier molecular flexibility index (Phi) is 5.48. The van der Waals surface area contributed by atoms with Crippen LogP contribution in [-0.4, -0.2) is 11.2 Å². The number of halogens is 1. The monoisotopic (exact) mass is 255 g/mol. The summed E-state index contributed by atoms with van der Waals surface area (Å²) in [6, 6.07) is 4.87. The first-order valence-corrected chi connectivity index (χ1v) is 6.64. The summed E-state index contributed by atoms with van der Waals surface area (Å²) in [4.78, 5) is 12.2. The van der Waals surface area contributed by atoms with Crippen molar-refractivity contribution in [1.82, 2.24) is 0 Å². The van der Waals surface area contributed by atoms with Crippen molar-refractivity contribution in [2.75, 3.05) is 0 Å². The van der Waals surface area contributed by atoms with Crippen LogP contribution in [0.4, 0.5) is 4.39 Å². The molecular formula is C13H18FNOS. The van der Waals surface area contributed by atoms with E-state index in [-0.39, 0.29) is 17.0 Å². The molecule has 1 amide bonds. The van der Waals surface area contributed by atoms with Crippen molar-refractivity contribution in [3.8, 4) is 0 Å². The standard InChI is InChI=1S/C13H18FNOS/c1-3-4-5-12(13(15)16)17-10-6-7-11(14)9(2)8-10/h6-8,12H,3-5H2,1-2H3,(H2,15,16). The lowest BCUT2D eigenvalue weighted by Gasteiger charge is -2.12. The summed E-state index contributed by atoms with van der Waals surface area (Å²) in [5.74, 6) is -0.524. The van der Waals surface area contributed by atoms with Crippen molar-refractivity contribution >= 4 is 17.7 Å². The summed E-state index contributed by atoms with van der Waals surface area (Å²) in [5, 5.41) is -0.222. The van der Waals surface area contributed by atoms with Crippen LogP contribution in [0, 0.1) is 12.7 Å². The molecule has 0 aliphatic carbocycles. The number of unbranched alkanes of at least 4 members (excludes halogenated alkanes) is 1. The highest BCUT2D eigenvalue weighted by atomic mass is 32.2. The molecule has 0 spiro atoms. The molecule has 2 N–H and O–H groups in total. The number of thioether (sulfide) groups is 1. The molecule has 1 unspecified atom stereocenters. The molecule has 0 aromatic heterocycles. The molecule has 1 aromatic rings. The summed E-state index contributed by atoms with van der Waals surface area (Å²) >= 11 is 1.42. The average Bonchev–Trinajstić information content (AvgIpc) is 2.28. The minimum absolute atomic E-state index is 0.222. The third-order valence-corrected chi connectivity index (χ3v) is 3.82. The van der Waals surface area contributed by atoms with Crippen molar-refractivity contribution in [1.29, 1.82) is 0 Å². The summed E-state index contributed by atoms with van der Waals surface area (Å²) in [6.45, 7) is 3.79. The van der Waals surface area contributed by atoms with Gasteiger partial charge in [0.1, 0.15) is 5.82 Å². The minimum atomic E-state index is -0.301. The van der Waals surface area contributed by atoms with Crippen LogP contribution in [0.5, 0.6) is 0 Å². The minimum Gasteiger partial charge on any atom is -0.369 e. The highest BCUT2D eigenvalue weighted by molar-refractivity contribution is 8.00. The highest BCUT2D eigenvalue weighted by Gasteiger charge is 2.16. The van der Waals surface area contributed by atoms with E-state index in [1.165, 1.54) is 17.8 Å². The average molecular weight is 255 g/mol. The molecule has 0 saturated heterocycles. The molecule has 0 radical (unpaired) electrons. The van der Waals surface area contributed by atoms with Crippen molar-refractivity contribution in [2.24, 2.45) is 5.73 Å².